The fraction of sp³-hybridized carbons (Fsp3) is 0.368. The zero-order valence-electron chi connectivity index (χ0n) is 14.2. The first-order valence-corrected chi connectivity index (χ1v) is 8.29. The second kappa shape index (κ2) is 8.07. The summed E-state index contributed by atoms with van der Waals surface area (Å²) in [5.74, 6) is 0.0619. The van der Waals surface area contributed by atoms with Crippen LogP contribution in [0.15, 0.2) is 42.6 Å². The monoisotopic (exact) mass is 344 g/mol. The summed E-state index contributed by atoms with van der Waals surface area (Å²) in [7, 11) is 1.76. The zero-order chi connectivity index (χ0) is 17.6. The number of nitrogens with zero attached hydrogens (tertiary/aromatic N) is 2. The van der Waals surface area contributed by atoms with E-state index in [1.807, 2.05) is 0 Å². The van der Waals surface area contributed by atoms with Crippen molar-refractivity contribution in [1.29, 1.82) is 0 Å². The van der Waals surface area contributed by atoms with Gasteiger partial charge in [0.05, 0.1) is 6.61 Å². The molecule has 1 aromatic carbocycles. The summed E-state index contributed by atoms with van der Waals surface area (Å²) in [6.07, 6.45) is 2.51. The van der Waals surface area contributed by atoms with Crippen molar-refractivity contribution in [2.45, 2.75) is 13.0 Å². The Labute approximate surface area is 146 Å². The molecule has 0 aliphatic carbocycles. The smallest absolute Gasteiger partial charge is 0.259 e. The topological polar surface area (TPSA) is 51.7 Å². The van der Waals surface area contributed by atoms with Gasteiger partial charge in [-0.3, -0.25) is 4.79 Å². The minimum absolute atomic E-state index is 0.0180. The molecule has 3 rings (SSSR count). The lowest BCUT2D eigenvalue weighted by Gasteiger charge is -2.21. The van der Waals surface area contributed by atoms with Crippen LogP contribution in [-0.4, -0.2) is 42.6 Å². The van der Waals surface area contributed by atoms with Crippen LogP contribution >= 0.6 is 0 Å². The Hall–Kier alpha value is -2.47. The SMILES string of the molecule is CN(CC1CCOC1)C(=O)c1cccnc1OCc1ccccc1F. The number of aromatic nitrogens is 1. The number of ether oxygens (including phenoxy) is 2. The van der Waals surface area contributed by atoms with Crippen LogP contribution in [0.25, 0.3) is 0 Å². The summed E-state index contributed by atoms with van der Waals surface area (Å²) >= 11 is 0. The highest BCUT2D eigenvalue weighted by atomic mass is 19.1. The van der Waals surface area contributed by atoms with E-state index in [4.69, 9.17) is 9.47 Å². The molecular weight excluding hydrogens is 323 g/mol. The van der Waals surface area contributed by atoms with E-state index in [0.717, 1.165) is 13.0 Å². The Morgan fingerprint density at radius 2 is 2.20 bits per heavy atom. The summed E-state index contributed by atoms with van der Waals surface area (Å²) in [6.45, 7) is 2.07. The van der Waals surface area contributed by atoms with Gasteiger partial charge in [-0.25, -0.2) is 9.37 Å². The molecule has 0 N–H and O–H groups in total. The Bertz CT molecular complexity index is 732. The number of pyridine rings is 1. The molecule has 1 aromatic heterocycles. The Balaban J connectivity index is 1.69. The van der Waals surface area contributed by atoms with Crippen molar-refractivity contribution in [3.63, 3.8) is 0 Å². The van der Waals surface area contributed by atoms with Crippen molar-refractivity contribution in [1.82, 2.24) is 9.88 Å². The maximum absolute atomic E-state index is 13.7. The standard InChI is InChI=1S/C19H21FN2O3/c1-22(11-14-8-10-24-12-14)19(23)16-6-4-9-21-18(16)25-13-15-5-2-3-7-17(15)20/h2-7,9,14H,8,10-13H2,1H3. The molecule has 1 fully saturated rings. The van der Waals surface area contributed by atoms with E-state index >= 15 is 0 Å². The maximum Gasteiger partial charge on any atom is 0.259 e. The first-order valence-electron chi connectivity index (χ1n) is 8.29. The number of hydrogen-bond donors (Lipinski definition) is 0. The third kappa shape index (κ3) is 4.33. The molecule has 0 spiro atoms. The van der Waals surface area contributed by atoms with E-state index in [9.17, 15) is 9.18 Å². The third-order valence-electron chi connectivity index (χ3n) is 4.23. The van der Waals surface area contributed by atoms with Crippen molar-refractivity contribution in [3.05, 3.63) is 59.5 Å². The van der Waals surface area contributed by atoms with E-state index in [-0.39, 0.29) is 24.2 Å². The average molecular weight is 344 g/mol. The number of carbonyl (C=O) groups excluding carboxylic acids is 1. The van der Waals surface area contributed by atoms with Gasteiger partial charge in [0.1, 0.15) is 18.0 Å². The van der Waals surface area contributed by atoms with Gasteiger partial charge in [0.15, 0.2) is 0 Å². The van der Waals surface area contributed by atoms with Gasteiger partial charge in [0.2, 0.25) is 5.88 Å². The highest BCUT2D eigenvalue weighted by Gasteiger charge is 2.23. The zero-order valence-corrected chi connectivity index (χ0v) is 14.2. The fourth-order valence-corrected chi connectivity index (χ4v) is 2.83. The number of rotatable bonds is 6. The number of amides is 1. The van der Waals surface area contributed by atoms with Crippen LogP contribution in [0.5, 0.6) is 5.88 Å². The van der Waals surface area contributed by atoms with Crippen LogP contribution in [0, 0.1) is 11.7 Å². The molecule has 132 valence electrons. The second-order valence-electron chi connectivity index (χ2n) is 6.15. The number of halogens is 1. The molecule has 6 heteroatoms. The maximum atomic E-state index is 13.7. The van der Waals surface area contributed by atoms with Crippen molar-refractivity contribution in [2.24, 2.45) is 5.92 Å². The van der Waals surface area contributed by atoms with Crippen LogP contribution in [0.3, 0.4) is 0 Å². The van der Waals surface area contributed by atoms with Gasteiger partial charge in [0, 0.05) is 37.9 Å². The largest absolute Gasteiger partial charge is 0.472 e. The molecule has 1 saturated heterocycles. The molecule has 25 heavy (non-hydrogen) atoms. The number of hydrogen-bond acceptors (Lipinski definition) is 4. The first-order chi connectivity index (χ1) is 12.1. The summed E-state index contributed by atoms with van der Waals surface area (Å²) < 4.78 is 24.7. The summed E-state index contributed by atoms with van der Waals surface area (Å²) in [5, 5.41) is 0. The lowest BCUT2D eigenvalue weighted by molar-refractivity contribution is 0.0760. The minimum Gasteiger partial charge on any atom is -0.472 e. The molecule has 0 radical (unpaired) electrons. The highest BCUT2D eigenvalue weighted by Crippen LogP contribution is 2.20. The van der Waals surface area contributed by atoms with Crippen LogP contribution in [0.2, 0.25) is 0 Å². The van der Waals surface area contributed by atoms with Gasteiger partial charge in [-0.15, -0.1) is 0 Å². The highest BCUT2D eigenvalue weighted by molar-refractivity contribution is 5.96. The molecule has 5 nitrogen and oxygen atoms in total. The van der Waals surface area contributed by atoms with Crippen molar-refractivity contribution in [2.75, 3.05) is 26.8 Å². The van der Waals surface area contributed by atoms with Crippen LogP contribution in [0.4, 0.5) is 4.39 Å². The van der Waals surface area contributed by atoms with Gasteiger partial charge in [-0.05, 0) is 24.6 Å². The average Bonchev–Trinajstić information content (AvgIpc) is 3.13. The normalized spacial score (nSPS) is 16.6. The predicted molar refractivity (Wildman–Crippen MR) is 90.9 cm³/mol. The summed E-state index contributed by atoms with van der Waals surface area (Å²) in [6, 6.07) is 9.75. The Kier molecular flexibility index (Phi) is 5.60. The van der Waals surface area contributed by atoms with E-state index in [2.05, 4.69) is 4.98 Å². The van der Waals surface area contributed by atoms with E-state index in [1.54, 1.807) is 48.5 Å². The number of carbonyl (C=O) groups is 1. The molecule has 2 heterocycles. The summed E-state index contributed by atoms with van der Waals surface area (Å²) in [4.78, 5) is 18.5. The van der Waals surface area contributed by atoms with Gasteiger partial charge < -0.3 is 14.4 Å². The molecule has 1 aliphatic heterocycles. The fourth-order valence-electron chi connectivity index (χ4n) is 2.83. The molecule has 1 amide bonds. The summed E-state index contributed by atoms with van der Waals surface area (Å²) in [5.41, 5.74) is 0.795. The Morgan fingerprint density at radius 3 is 2.96 bits per heavy atom. The molecule has 2 aromatic rings. The van der Waals surface area contributed by atoms with Crippen LogP contribution in [0.1, 0.15) is 22.3 Å². The quantitative estimate of drug-likeness (QED) is 0.808. The first kappa shape index (κ1) is 17.4. The molecule has 1 atom stereocenters. The van der Waals surface area contributed by atoms with Gasteiger partial charge >= 0.3 is 0 Å². The van der Waals surface area contributed by atoms with Crippen LogP contribution < -0.4 is 4.74 Å². The van der Waals surface area contributed by atoms with Gasteiger partial charge in [-0.2, -0.15) is 0 Å². The molecule has 0 saturated carbocycles. The molecule has 1 aliphatic rings. The van der Waals surface area contributed by atoms with Gasteiger partial charge in [-0.1, -0.05) is 18.2 Å². The van der Waals surface area contributed by atoms with Crippen molar-refractivity contribution in [3.8, 4) is 5.88 Å². The van der Waals surface area contributed by atoms with Crippen molar-refractivity contribution >= 4 is 5.91 Å². The Morgan fingerprint density at radius 1 is 1.36 bits per heavy atom. The third-order valence-corrected chi connectivity index (χ3v) is 4.23. The second-order valence-corrected chi connectivity index (χ2v) is 6.15. The lowest BCUT2D eigenvalue weighted by Crippen LogP contribution is -2.32. The molecule has 1 unspecified atom stereocenters. The predicted octanol–water partition coefficient (Wildman–Crippen LogP) is 2.91. The lowest BCUT2D eigenvalue weighted by atomic mass is 10.1. The molecular formula is C19H21FN2O3. The van der Waals surface area contributed by atoms with Gasteiger partial charge in [0.25, 0.3) is 5.91 Å². The number of benzene rings is 1. The van der Waals surface area contributed by atoms with Crippen molar-refractivity contribution < 1.29 is 18.7 Å². The van der Waals surface area contributed by atoms with E-state index < -0.39 is 0 Å². The van der Waals surface area contributed by atoms with E-state index in [0.29, 0.717) is 30.2 Å². The van der Waals surface area contributed by atoms with E-state index in [1.165, 1.54) is 6.07 Å². The van der Waals surface area contributed by atoms with Crippen LogP contribution in [-0.2, 0) is 11.3 Å². The molecule has 0 bridgehead atoms. The minimum atomic E-state index is -0.343.